The van der Waals surface area contributed by atoms with E-state index in [1.807, 2.05) is 49.7 Å². The fourth-order valence-electron chi connectivity index (χ4n) is 3.49. The molecule has 3 aromatic rings. The van der Waals surface area contributed by atoms with E-state index in [4.69, 9.17) is 4.42 Å². The first-order valence-corrected chi connectivity index (χ1v) is 9.88. The lowest BCUT2D eigenvalue weighted by atomic mass is 10.1. The number of hydrogen-bond acceptors (Lipinski definition) is 4. The number of carbonyl (C=O) groups is 2. The molecule has 0 saturated heterocycles. The highest BCUT2D eigenvalue weighted by molar-refractivity contribution is 5.99. The zero-order valence-corrected chi connectivity index (χ0v) is 17.6. The van der Waals surface area contributed by atoms with E-state index in [0.717, 1.165) is 34.4 Å². The second-order valence-electron chi connectivity index (χ2n) is 7.78. The highest BCUT2D eigenvalue weighted by Gasteiger charge is 2.18. The van der Waals surface area contributed by atoms with Gasteiger partial charge in [0, 0.05) is 29.6 Å². The highest BCUT2D eigenvalue weighted by Crippen LogP contribution is 2.24. The Morgan fingerprint density at radius 3 is 2.55 bits per heavy atom. The predicted molar refractivity (Wildman–Crippen MR) is 111 cm³/mol. The molecule has 0 aliphatic rings. The van der Waals surface area contributed by atoms with Crippen molar-refractivity contribution in [3.8, 4) is 0 Å². The first-order valence-electron chi connectivity index (χ1n) is 9.88. The Labute approximate surface area is 170 Å². The minimum atomic E-state index is -0.468. The van der Waals surface area contributed by atoms with Gasteiger partial charge in [0.05, 0.1) is 5.69 Å². The Bertz CT molecular complexity index is 1050. The summed E-state index contributed by atoms with van der Waals surface area (Å²) < 4.78 is 7.61. The fourth-order valence-corrected chi connectivity index (χ4v) is 3.49. The normalized spacial score (nSPS) is 11.2. The largest absolute Gasteiger partial charge is 0.451 e. The van der Waals surface area contributed by atoms with Gasteiger partial charge in [0.15, 0.2) is 5.76 Å². The third-order valence-corrected chi connectivity index (χ3v) is 5.04. The zero-order valence-electron chi connectivity index (χ0n) is 17.6. The lowest BCUT2D eigenvalue weighted by Crippen LogP contribution is -2.41. The van der Waals surface area contributed by atoms with Crippen molar-refractivity contribution in [1.29, 1.82) is 0 Å². The van der Waals surface area contributed by atoms with Crippen LogP contribution in [0, 0.1) is 26.7 Å². The quantitative estimate of drug-likeness (QED) is 0.623. The van der Waals surface area contributed by atoms with Gasteiger partial charge in [-0.25, -0.2) is 0 Å². The molecule has 2 aromatic heterocycles. The topological polar surface area (TPSA) is 89.2 Å². The van der Waals surface area contributed by atoms with Crippen LogP contribution in [0.25, 0.3) is 11.0 Å². The maximum Gasteiger partial charge on any atom is 0.305 e. The molecule has 0 saturated carbocycles. The van der Waals surface area contributed by atoms with Crippen molar-refractivity contribution in [1.82, 2.24) is 20.6 Å². The average molecular weight is 396 g/mol. The van der Waals surface area contributed by atoms with Crippen LogP contribution < -0.4 is 10.9 Å². The van der Waals surface area contributed by atoms with Crippen molar-refractivity contribution in [2.45, 2.75) is 54.0 Å². The Morgan fingerprint density at radius 1 is 1.14 bits per heavy atom. The molecule has 0 atom stereocenters. The van der Waals surface area contributed by atoms with Gasteiger partial charge >= 0.3 is 5.91 Å². The Balaban J connectivity index is 1.57. The third-order valence-electron chi connectivity index (χ3n) is 5.04. The van der Waals surface area contributed by atoms with Crippen LogP contribution in [0.4, 0.5) is 0 Å². The van der Waals surface area contributed by atoms with E-state index in [0.29, 0.717) is 17.9 Å². The number of para-hydroxylation sites is 1. The summed E-state index contributed by atoms with van der Waals surface area (Å²) >= 11 is 0. The molecule has 0 spiro atoms. The van der Waals surface area contributed by atoms with Crippen molar-refractivity contribution in [2.24, 2.45) is 5.92 Å². The molecule has 0 aliphatic heterocycles. The molecule has 7 heteroatoms. The Hall–Kier alpha value is -3.09. The van der Waals surface area contributed by atoms with Crippen LogP contribution in [0.5, 0.6) is 0 Å². The molecule has 0 fully saturated rings. The number of hydrogen-bond donors (Lipinski definition) is 2. The van der Waals surface area contributed by atoms with E-state index in [2.05, 4.69) is 29.8 Å². The molecule has 2 amide bonds. The number of carbonyl (C=O) groups excluding carboxylic acids is 2. The number of furan rings is 1. The van der Waals surface area contributed by atoms with Gasteiger partial charge in [-0.15, -0.1) is 0 Å². The van der Waals surface area contributed by atoms with Crippen LogP contribution >= 0.6 is 0 Å². The van der Waals surface area contributed by atoms with E-state index in [9.17, 15) is 9.59 Å². The monoisotopic (exact) mass is 396 g/mol. The van der Waals surface area contributed by atoms with Crippen molar-refractivity contribution < 1.29 is 14.0 Å². The minimum absolute atomic E-state index is 0.202. The fraction of sp³-hybridized carbons (Fsp3) is 0.409. The van der Waals surface area contributed by atoms with Crippen molar-refractivity contribution in [3.63, 3.8) is 0 Å². The number of nitrogens with one attached hydrogen (secondary N) is 2. The smallest absolute Gasteiger partial charge is 0.305 e. The van der Waals surface area contributed by atoms with E-state index >= 15 is 0 Å². The maximum absolute atomic E-state index is 12.4. The van der Waals surface area contributed by atoms with Crippen molar-refractivity contribution in [3.05, 3.63) is 52.5 Å². The van der Waals surface area contributed by atoms with E-state index in [1.54, 1.807) is 0 Å². The second-order valence-corrected chi connectivity index (χ2v) is 7.78. The summed E-state index contributed by atoms with van der Waals surface area (Å²) in [6.45, 7) is 11.0. The number of hydrazine groups is 1. The lowest BCUT2D eigenvalue weighted by molar-refractivity contribution is -0.121. The van der Waals surface area contributed by atoms with Gasteiger partial charge in [-0.2, -0.15) is 5.10 Å². The molecule has 2 N–H and O–H groups in total. The summed E-state index contributed by atoms with van der Waals surface area (Å²) in [4.78, 5) is 24.6. The van der Waals surface area contributed by atoms with Crippen LogP contribution in [0.15, 0.2) is 28.7 Å². The number of fused-ring (bicyclic) bond motifs is 1. The Morgan fingerprint density at radius 2 is 1.86 bits per heavy atom. The van der Waals surface area contributed by atoms with Gasteiger partial charge in [0.1, 0.15) is 5.58 Å². The number of benzene rings is 1. The maximum atomic E-state index is 12.4. The molecule has 1 aromatic carbocycles. The molecule has 7 nitrogen and oxygen atoms in total. The summed E-state index contributed by atoms with van der Waals surface area (Å²) in [5.41, 5.74) is 9.42. The van der Waals surface area contributed by atoms with Crippen LogP contribution in [-0.2, 0) is 17.8 Å². The van der Waals surface area contributed by atoms with Crippen molar-refractivity contribution in [2.75, 3.05) is 0 Å². The summed E-state index contributed by atoms with van der Waals surface area (Å²) in [6.07, 6.45) is 0.829. The summed E-state index contributed by atoms with van der Waals surface area (Å²) in [6, 6.07) is 7.44. The molecule has 2 heterocycles. The van der Waals surface area contributed by atoms with Gasteiger partial charge in [-0.3, -0.25) is 25.1 Å². The number of nitrogens with zero attached hydrogens (tertiary/aromatic N) is 2. The molecule has 154 valence electrons. The van der Waals surface area contributed by atoms with Crippen molar-refractivity contribution >= 4 is 22.8 Å². The molecule has 0 unspecified atom stereocenters. The number of rotatable bonds is 6. The summed E-state index contributed by atoms with van der Waals surface area (Å²) in [5, 5.41) is 5.46. The van der Waals surface area contributed by atoms with Crippen LogP contribution in [-0.4, -0.2) is 21.6 Å². The highest BCUT2D eigenvalue weighted by atomic mass is 16.3. The molecular weight excluding hydrogens is 368 g/mol. The first kappa shape index (κ1) is 20.6. The van der Waals surface area contributed by atoms with E-state index < -0.39 is 5.91 Å². The number of aromatic nitrogens is 2. The molecule has 0 bridgehead atoms. The van der Waals surface area contributed by atoms with E-state index in [1.165, 1.54) is 0 Å². The van der Waals surface area contributed by atoms with Gasteiger partial charge in [-0.05, 0) is 44.7 Å². The summed E-state index contributed by atoms with van der Waals surface area (Å²) in [5.74, 6) is -0.0269. The predicted octanol–water partition coefficient (Wildman–Crippen LogP) is 3.60. The lowest BCUT2D eigenvalue weighted by Gasteiger charge is -2.08. The Kier molecular flexibility index (Phi) is 6.06. The first-order chi connectivity index (χ1) is 13.8. The average Bonchev–Trinajstić information content (AvgIpc) is 3.14. The standard InChI is InChI=1S/C22H28N4O3/c1-13(2)12-26-16(5)18(15(4)25-26)10-11-20(27)23-24-22(28)21-14(3)17-8-6-7-9-19(17)29-21/h6-9,13H,10-12H2,1-5H3,(H,23,27)(H,24,28). The second kappa shape index (κ2) is 8.51. The SMILES string of the molecule is Cc1nn(CC(C)C)c(C)c1CCC(=O)NNC(=O)c1oc2ccccc2c1C. The van der Waals surface area contributed by atoms with Gasteiger partial charge in [0.25, 0.3) is 0 Å². The molecule has 0 radical (unpaired) electrons. The van der Waals surface area contributed by atoms with Gasteiger partial charge < -0.3 is 4.42 Å². The molecule has 0 aliphatic carbocycles. The number of amides is 2. The van der Waals surface area contributed by atoms with Gasteiger partial charge in [-0.1, -0.05) is 32.0 Å². The zero-order chi connectivity index (χ0) is 21.1. The third kappa shape index (κ3) is 4.50. The molecule has 29 heavy (non-hydrogen) atoms. The number of aryl methyl sites for hydroxylation is 2. The van der Waals surface area contributed by atoms with E-state index in [-0.39, 0.29) is 18.1 Å². The van der Waals surface area contributed by atoms with Crippen LogP contribution in [0.2, 0.25) is 0 Å². The summed E-state index contributed by atoms with van der Waals surface area (Å²) in [7, 11) is 0. The van der Waals surface area contributed by atoms with Crippen LogP contribution in [0.1, 0.15) is 53.3 Å². The van der Waals surface area contributed by atoms with Gasteiger partial charge in [0.2, 0.25) is 5.91 Å². The molecule has 3 rings (SSSR count). The van der Waals surface area contributed by atoms with Crippen LogP contribution in [0.3, 0.4) is 0 Å². The minimum Gasteiger partial charge on any atom is -0.451 e. The molecular formula is C22H28N4O3.